The number of hydrogen-bond donors (Lipinski definition) is 2. The number of aromatic nitrogens is 2. The zero-order valence-corrected chi connectivity index (χ0v) is 16.3. The van der Waals surface area contributed by atoms with Crippen LogP contribution in [0.15, 0.2) is 33.8 Å². The quantitative estimate of drug-likeness (QED) is 0.397. The van der Waals surface area contributed by atoms with E-state index in [9.17, 15) is 4.39 Å². The van der Waals surface area contributed by atoms with Crippen LogP contribution in [0.5, 0.6) is 5.75 Å². The number of hydrogen-bond acceptors (Lipinski definition) is 5. The van der Waals surface area contributed by atoms with Crippen LogP contribution in [-0.2, 0) is 6.42 Å². The standard InChI is InChI=1S/C19H28FN5O2/c1-13(2)18-24-17(27-25-18)9-6-10-22-19(21-4)23-12-14(3)26-16-8-5-7-15(20)11-16/h5,7-8,11,13-14H,6,9-10,12H2,1-4H3,(H2,21,22,23). The molecule has 1 aromatic carbocycles. The minimum atomic E-state index is -0.313. The summed E-state index contributed by atoms with van der Waals surface area (Å²) in [6, 6.07) is 6.11. The van der Waals surface area contributed by atoms with Crippen LogP contribution in [0.4, 0.5) is 4.39 Å². The van der Waals surface area contributed by atoms with Gasteiger partial charge in [-0.3, -0.25) is 4.99 Å². The van der Waals surface area contributed by atoms with E-state index in [0.717, 1.165) is 18.8 Å². The SMILES string of the molecule is CN=C(NCCCc1nc(C(C)C)no1)NCC(C)Oc1cccc(F)c1. The first-order chi connectivity index (χ1) is 13.0. The molecule has 1 unspecified atom stereocenters. The molecule has 1 atom stereocenters. The highest BCUT2D eigenvalue weighted by atomic mass is 19.1. The third kappa shape index (κ3) is 7.24. The molecule has 0 saturated carbocycles. The molecule has 8 heteroatoms. The summed E-state index contributed by atoms with van der Waals surface area (Å²) < 4.78 is 24.1. The van der Waals surface area contributed by atoms with Crippen molar-refractivity contribution in [2.45, 2.75) is 45.6 Å². The number of nitrogens with one attached hydrogen (secondary N) is 2. The predicted molar refractivity (Wildman–Crippen MR) is 103 cm³/mol. The Morgan fingerprint density at radius 2 is 2.11 bits per heavy atom. The van der Waals surface area contributed by atoms with Gasteiger partial charge in [-0.05, 0) is 25.5 Å². The molecule has 0 saturated heterocycles. The molecule has 7 nitrogen and oxygen atoms in total. The molecule has 0 spiro atoms. The molecule has 0 aliphatic rings. The molecule has 2 rings (SSSR count). The van der Waals surface area contributed by atoms with Gasteiger partial charge in [-0.1, -0.05) is 25.1 Å². The monoisotopic (exact) mass is 377 g/mol. The molecule has 148 valence electrons. The Morgan fingerprint density at radius 3 is 2.78 bits per heavy atom. The number of benzene rings is 1. The minimum Gasteiger partial charge on any atom is -0.489 e. The van der Waals surface area contributed by atoms with E-state index in [1.165, 1.54) is 12.1 Å². The maximum Gasteiger partial charge on any atom is 0.226 e. The Balaban J connectivity index is 1.66. The Kier molecular flexibility index (Phi) is 8.03. The number of halogens is 1. The lowest BCUT2D eigenvalue weighted by Gasteiger charge is -2.17. The van der Waals surface area contributed by atoms with Gasteiger partial charge in [0.1, 0.15) is 17.7 Å². The van der Waals surface area contributed by atoms with Crippen LogP contribution in [0.3, 0.4) is 0 Å². The molecule has 2 aromatic rings. The minimum absolute atomic E-state index is 0.141. The van der Waals surface area contributed by atoms with E-state index in [1.807, 2.05) is 20.8 Å². The summed E-state index contributed by atoms with van der Waals surface area (Å²) in [5.41, 5.74) is 0. The number of rotatable bonds is 9. The van der Waals surface area contributed by atoms with E-state index in [-0.39, 0.29) is 17.8 Å². The van der Waals surface area contributed by atoms with Crippen molar-refractivity contribution in [3.05, 3.63) is 41.8 Å². The first-order valence-electron chi connectivity index (χ1n) is 9.17. The first-order valence-corrected chi connectivity index (χ1v) is 9.17. The molecule has 0 fully saturated rings. The Hall–Kier alpha value is -2.64. The van der Waals surface area contributed by atoms with Gasteiger partial charge >= 0.3 is 0 Å². The van der Waals surface area contributed by atoms with Crippen molar-refractivity contribution in [2.75, 3.05) is 20.1 Å². The van der Waals surface area contributed by atoms with Gasteiger partial charge in [-0.2, -0.15) is 4.98 Å². The van der Waals surface area contributed by atoms with Gasteiger partial charge in [0.05, 0.1) is 6.54 Å². The van der Waals surface area contributed by atoms with Crippen LogP contribution >= 0.6 is 0 Å². The summed E-state index contributed by atoms with van der Waals surface area (Å²) >= 11 is 0. The van der Waals surface area contributed by atoms with Crippen LogP contribution in [-0.4, -0.2) is 42.3 Å². The Labute approximate surface area is 159 Å². The second-order valence-electron chi connectivity index (χ2n) is 6.57. The molecular formula is C19H28FN5O2. The normalized spacial score (nSPS) is 12.9. The Bertz CT molecular complexity index is 732. The molecule has 2 N–H and O–H groups in total. The molecule has 0 amide bonds. The summed E-state index contributed by atoms with van der Waals surface area (Å²) in [6.07, 6.45) is 1.41. The van der Waals surface area contributed by atoms with Gasteiger partial charge in [0.25, 0.3) is 0 Å². The number of aryl methyl sites for hydroxylation is 1. The summed E-state index contributed by atoms with van der Waals surface area (Å²) in [7, 11) is 1.71. The second kappa shape index (κ2) is 10.5. The molecule has 27 heavy (non-hydrogen) atoms. The maximum absolute atomic E-state index is 13.2. The maximum atomic E-state index is 13.2. The molecule has 0 aliphatic heterocycles. The zero-order valence-electron chi connectivity index (χ0n) is 16.3. The van der Waals surface area contributed by atoms with E-state index in [4.69, 9.17) is 9.26 Å². The van der Waals surface area contributed by atoms with Gasteiger partial charge in [-0.25, -0.2) is 4.39 Å². The van der Waals surface area contributed by atoms with Crippen LogP contribution in [0.25, 0.3) is 0 Å². The molecule has 1 aromatic heterocycles. The van der Waals surface area contributed by atoms with Crippen molar-refractivity contribution in [2.24, 2.45) is 4.99 Å². The fourth-order valence-electron chi connectivity index (χ4n) is 2.33. The lowest BCUT2D eigenvalue weighted by atomic mass is 10.2. The van der Waals surface area contributed by atoms with E-state index in [0.29, 0.717) is 30.6 Å². The van der Waals surface area contributed by atoms with E-state index in [2.05, 4.69) is 25.8 Å². The van der Waals surface area contributed by atoms with Crippen molar-refractivity contribution in [3.8, 4) is 5.75 Å². The highest BCUT2D eigenvalue weighted by Crippen LogP contribution is 2.13. The van der Waals surface area contributed by atoms with Crippen LogP contribution in [0.2, 0.25) is 0 Å². The van der Waals surface area contributed by atoms with Crippen LogP contribution in [0.1, 0.15) is 44.8 Å². The van der Waals surface area contributed by atoms with E-state index >= 15 is 0 Å². The smallest absolute Gasteiger partial charge is 0.226 e. The van der Waals surface area contributed by atoms with Crippen molar-refractivity contribution >= 4 is 5.96 Å². The van der Waals surface area contributed by atoms with Crippen LogP contribution < -0.4 is 15.4 Å². The number of nitrogens with zero attached hydrogens (tertiary/aromatic N) is 3. The lowest BCUT2D eigenvalue weighted by molar-refractivity contribution is 0.223. The first kappa shape index (κ1) is 20.7. The average molecular weight is 377 g/mol. The van der Waals surface area contributed by atoms with Crippen molar-refractivity contribution in [1.29, 1.82) is 0 Å². The summed E-state index contributed by atoms with van der Waals surface area (Å²) in [6.45, 7) is 7.23. The fraction of sp³-hybridized carbons (Fsp3) is 0.526. The topological polar surface area (TPSA) is 84.6 Å². The van der Waals surface area contributed by atoms with Gasteiger partial charge < -0.3 is 19.9 Å². The average Bonchev–Trinajstić information content (AvgIpc) is 3.10. The van der Waals surface area contributed by atoms with Crippen molar-refractivity contribution in [1.82, 2.24) is 20.8 Å². The van der Waals surface area contributed by atoms with Crippen molar-refractivity contribution in [3.63, 3.8) is 0 Å². The number of ether oxygens (including phenoxy) is 1. The van der Waals surface area contributed by atoms with Gasteiger partial charge in [0, 0.05) is 32.0 Å². The molecular weight excluding hydrogens is 349 g/mol. The molecule has 0 aliphatic carbocycles. The fourth-order valence-corrected chi connectivity index (χ4v) is 2.33. The Morgan fingerprint density at radius 1 is 1.30 bits per heavy atom. The van der Waals surface area contributed by atoms with Gasteiger partial charge in [0.2, 0.25) is 5.89 Å². The molecule has 0 radical (unpaired) electrons. The summed E-state index contributed by atoms with van der Waals surface area (Å²) in [4.78, 5) is 8.54. The lowest BCUT2D eigenvalue weighted by Crippen LogP contribution is -2.42. The van der Waals surface area contributed by atoms with Crippen molar-refractivity contribution < 1.29 is 13.7 Å². The predicted octanol–water partition coefficient (Wildman–Crippen LogP) is 2.90. The van der Waals surface area contributed by atoms with Crippen LogP contribution in [0, 0.1) is 5.82 Å². The third-order valence-electron chi connectivity index (χ3n) is 3.77. The number of guanidine groups is 1. The molecule has 1 heterocycles. The largest absolute Gasteiger partial charge is 0.489 e. The summed E-state index contributed by atoms with van der Waals surface area (Å²) in [5, 5.41) is 10.4. The highest BCUT2D eigenvalue weighted by Gasteiger charge is 2.10. The third-order valence-corrected chi connectivity index (χ3v) is 3.77. The second-order valence-corrected chi connectivity index (χ2v) is 6.57. The summed E-state index contributed by atoms with van der Waals surface area (Å²) in [5.74, 6) is 2.53. The van der Waals surface area contributed by atoms with Gasteiger partial charge in [0.15, 0.2) is 11.8 Å². The number of aliphatic imine (C=N–C) groups is 1. The van der Waals surface area contributed by atoms with Gasteiger partial charge in [-0.15, -0.1) is 0 Å². The highest BCUT2D eigenvalue weighted by molar-refractivity contribution is 5.79. The van der Waals surface area contributed by atoms with E-state index < -0.39 is 0 Å². The molecule has 0 bridgehead atoms. The zero-order chi connectivity index (χ0) is 19.6. The van der Waals surface area contributed by atoms with E-state index in [1.54, 1.807) is 19.2 Å².